The van der Waals surface area contributed by atoms with E-state index in [9.17, 15) is 19.5 Å². The monoisotopic (exact) mass is 408 g/mol. The number of aryl methyl sites for hydroxylation is 1. The first kappa shape index (κ1) is 18.7. The average Bonchev–Trinajstić information content (AvgIpc) is 3.00. The average molecular weight is 408 g/mol. The molecule has 3 N–H and O–H groups in total. The molecule has 2 aromatic carbocycles. The first-order valence-electron chi connectivity index (χ1n) is 8.75. The van der Waals surface area contributed by atoms with Gasteiger partial charge in [-0.1, -0.05) is 35.1 Å². The number of fused-ring (bicyclic) bond motifs is 1. The van der Waals surface area contributed by atoms with Crippen LogP contribution in [0, 0.1) is 6.92 Å². The zero-order valence-electron chi connectivity index (χ0n) is 15.3. The summed E-state index contributed by atoms with van der Waals surface area (Å²) in [5.41, 5.74) is 2.40. The smallest absolute Gasteiger partial charge is 0.307 e. The maximum atomic E-state index is 12.5. The van der Waals surface area contributed by atoms with E-state index in [0.29, 0.717) is 28.0 Å². The van der Waals surface area contributed by atoms with Gasteiger partial charge in [-0.05, 0) is 36.8 Å². The number of H-pyrrole nitrogens is 1. The zero-order valence-corrected chi connectivity index (χ0v) is 16.1. The third-order valence-electron chi connectivity index (χ3n) is 4.38. The van der Waals surface area contributed by atoms with Crippen LogP contribution in [0.1, 0.15) is 26.6 Å². The second kappa shape index (κ2) is 7.40. The van der Waals surface area contributed by atoms with Gasteiger partial charge in [0, 0.05) is 18.2 Å². The van der Waals surface area contributed by atoms with Crippen LogP contribution in [0.5, 0.6) is 5.88 Å². The second-order valence-corrected chi connectivity index (χ2v) is 7.66. The Balaban J connectivity index is 1.52. The van der Waals surface area contributed by atoms with Crippen molar-refractivity contribution in [3.63, 3.8) is 0 Å². The van der Waals surface area contributed by atoms with E-state index in [1.54, 1.807) is 36.4 Å². The summed E-state index contributed by atoms with van der Waals surface area (Å²) < 4.78 is 5.58. The number of hydrogen-bond acceptors (Lipinski definition) is 6. The summed E-state index contributed by atoms with van der Waals surface area (Å²) >= 11 is 0.952. The predicted molar refractivity (Wildman–Crippen MR) is 111 cm³/mol. The lowest BCUT2D eigenvalue weighted by molar-refractivity contribution is 0.0997. The molecule has 0 spiro atoms. The summed E-state index contributed by atoms with van der Waals surface area (Å²) in [5.74, 6) is -0.727. The molecule has 0 atom stereocenters. The number of thiazole rings is 1. The van der Waals surface area contributed by atoms with Crippen molar-refractivity contribution in [2.24, 2.45) is 0 Å². The highest BCUT2D eigenvalue weighted by Gasteiger charge is 2.13. The Labute approximate surface area is 168 Å². The fraction of sp³-hybridized carbons (Fsp3) is 0.0952. The Morgan fingerprint density at radius 2 is 1.90 bits per heavy atom. The number of carbonyl (C=O) groups is 1. The first-order valence-corrected chi connectivity index (χ1v) is 9.56. The van der Waals surface area contributed by atoms with Gasteiger partial charge in [0.1, 0.15) is 5.58 Å². The number of rotatable bonds is 4. The van der Waals surface area contributed by atoms with Gasteiger partial charge in [-0.2, -0.15) is 0 Å². The molecule has 0 saturated heterocycles. The van der Waals surface area contributed by atoms with E-state index in [1.165, 1.54) is 6.07 Å². The maximum absolute atomic E-state index is 12.5. The molecule has 29 heavy (non-hydrogen) atoms. The molecule has 7 nitrogen and oxygen atoms in total. The van der Waals surface area contributed by atoms with Crippen LogP contribution in [0.25, 0.3) is 11.0 Å². The van der Waals surface area contributed by atoms with Gasteiger partial charge in [0.25, 0.3) is 5.91 Å². The molecule has 0 fully saturated rings. The lowest BCUT2D eigenvalue weighted by Crippen LogP contribution is -2.15. The topological polar surface area (TPSA) is 112 Å². The van der Waals surface area contributed by atoms with Crippen molar-refractivity contribution >= 4 is 33.9 Å². The van der Waals surface area contributed by atoms with Gasteiger partial charge in [-0.15, -0.1) is 0 Å². The molecule has 146 valence electrons. The Hall–Kier alpha value is -3.65. The van der Waals surface area contributed by atoms with E-state index >= 15 is 0 Å². The van der Waals surface area contributed by atoms with Crippen LogP contribution < -0.4 is 15.6 Å². The van der Waals surface area contributed by atoms with E-state index < -0.39 is 5.91 Å². The maximum Gasteiger partial charge on any atom is 0.307 e. The van der Waals surface area contributed by atoms with Crippen LogP contribution in [0.2, 0.25) is 0 Å². The number of hydrogen-bond donors (Lipinski definition) is 3. The van der Waals surface area contributed by atoms with Crippen LogP contribution >= 0.6 is 11.3 Å². The van der Waals surface area contributed by atoms with Gasteiger partial charge in [-0.3, -0.25) is 19.4 Å². The van der Waals surface area contributed by atoms with E-state index in [4.69, 9.17) is 4.42 Å². The van der Waals surface area contributed by atoms with Gasteiger partial charge < -0.3 is 14.8 Å². The second-order valence-electron chi connectivity index (χ2n) is 6.59. The molecular weight excluding hydrogens is 392 g/mol. The van der Waals surface area contributed by atoms with Crippen molar-refractivity contribution in [2.75, 3.05) is 5.32 Å². The van der Waals surface area contributed by atoms with Gasteiger partial charge in [0.2, 0.25) is 5.88 Å². The lowest BCUT2D eigenvalue weighted by atomic mass is 10.1. The Morgan fingerprint density at radius 1 is 1.14 bits per heavy atom. The highest BCUT2D eigenvalue weighted by atomic mass is 32.1. The molecular formula is C21H16N2O5S. The molecule has 0 radical (unpaired) electrons. The van der Waals surface area contributed by atoms with E-state index in [-0.39, 0.29) is 21.9 Å². The quantitative estimate of drug-likeness (QED) is 0.479. The zero-order chi connectivity index (χ0) is 20.5. The molecule has 2 aromatic heterocycles. The summed E-state index contributed by atoms with van der Waals surface area (Å²) in [5, 5.41) is 12.8. The molecule has 0 saturated carbocycles. The number of benzene rings is 2. The van der Waals surface area contributed by atoms with Gasteiger partial charge in [-0.25, -0.2) is 0 Å². The minimum Gasteiger partial charge on any atom is -0.494 e. The minimum atomic E-state index is -0.529. The van der Waals surface area contributed by atoms with Crippen molar-refractivity contribution in [3.8, 4) is 5.88 Å². The number of nitrogens with one attached hydrogen (secondary N) is 2. The molecule has 4 aromatic rings. The predicted octanol–water partition coefficient (Wildman–Crippen LogP) is 3.40. The molecule has 1 amide bonds. The van der Waals surface area contributed by atoms with Crippen LogP contribution in [0.15, 0.2) is 62.5 Å². The highest BCUT2D eigenvalue weighted by molar-refractivity contribution is 7.09. The molecule has 0 aliphatic heterocycles. The molecule has 4 rings (SSSR count). The fourth-order valence-electron chi connectivity index (χ4n) is 2.94. The fourth-order valence-corrected chi connectivity index (χ4v) is 3.70. The summed E-state index contributed by atoms with van der Waals surface area (Å²) in [4.78, 5) is 38.6. The van der Waals surface area contributed by atoms with Crippen LogP contribution in [0.3, 0.4) is 0 Å². The van der Waals surface area contributed by atoms with Crippen molar-refractivity contribution in [1.29, 1.82) is 0 Å². The summed E-state index contributed by atoms with van der Waals surface area (Å²) in [6.45, 7) is 1.88. The van der Waals surface area contributed by atoms with Gasteiger partial charge in [0.05, 0.1) is 10.3 Å². The lowest BCUT2D eigenvalue weighted by Gasteiger charge is -2.07. The largest absolute Gasteiger partial charge is 0.494 e. The van der Waals surface area contributed by atoms with E-state index in [0.717, 1.165) is 22.5 Å². The molecule has 0 bridgehead atoms. The van der Waals surface area contributed by atoms with Crippen molar-refractivity contribution in [2.45, 2.75) is 13.3 Å². The Bertz CT molecular complexity index is 1330. The summed E-state index contributed by atoms with van der Waals surface area (Å²) in [7, 11) is 0. The number of carbonyl (C=O) groups excluding carboxylic acids is 1. The molecule has 8 heteroatoms. The summed E-state index contributed by atoms with van der Waals surface area (Å²) in [6.07, 6.45) is 0.391. The number of aromatic nitrogens is 1. The standard InChI is InChI=1S/C21H16N2O5S/c1-11-2-7-16-14(8-11)15(24)10-17(28-16)19(25)22-13-5-3-12(4-6-13)9-18-20(26)23-21(27)29-18/h2-8,10,26H,9H2,1H3,(H,22,25)(H,23,27). The van der Waals surface area contributed by atoms with Crippen LogP contribution in [0.4, 0.5) is 5.69 Å². The summed E-state index contributed by atoms with van der Waals surface area (Å²) in [6, 6.07) is 13.3. The molecule has 0 aliphatic rings. The number of anilines is 1. The van der Waals surface area contributed by atoms with Crippen LogP contribution in [-0.4, -0.2) is 16.0 Å². The minimum absolute atomic E-state index is 0.0718. The number of amides is 1. The molecule has 0 unspecified atom stereocenters. The van der Waals surface area contributed by atoms with Crippen molar-refractivity contribution in [3.05, 3.63) is 90.2 Å². The van der Waals surface area contributed by atoms with E-state index in [2.05, 4.69) is 10.3 Å². The molecule has 0 aliphatic carbocycles. The molecule has 2 heterocycles. The Kier molecular flexibility index (Phi) is 4.77. The van der Waals surface area contributed by atoms with Crippen LogP contribution in [-0.2, 0) is 6.42 Å². The van der Waals surface area contributed by atoms with E-state index in [1.807, 2.05) is 13.0 Å². The van der Waals surface area contributed by atoms with Crippen molar-refractivity contribution in [1.82, 2.24) is 4.98 Å². The van der Waals surface area contributed by atoms with Crippen molar-refractivity contribution < 1.29 is 14.3 Å². The first-order chi connectivity index (χ1) is 13.9. The third kappa shape index (κ3) is 3.97. The normalized spacial score (nSPS) is 10.9. The van der Waals surface area contributed by atoms with Gasteiger partial charge >= 0.3 is 4.87 Å². The Morgan fingerprint density at radius 3 is 2.59 bits per heavy atom. The van der Waals surface area contributed by atoms with Gasteiger partial charge in [0.15, 0.2) is 11.2 Å². The third-order valence-corrected chi connectivity index (χ3v) is 5.25. The number of aromatic amines is 1. The SMILES string of the molecule is Cc1ccc2oc(C(=O)Nc3ccc(Cc4sc(=O)[nH]c4O)cc3)cc(=O)c2c1. The number of aromatic hydroxyl groups is 1. The highest BCUT2D eigenvalue weighted by Crippen LogP contribution is 2.21.